The number of likely N-dealkylation sites (tertiary alicyclic amines) is 1. The van der Waals surface area contributed by atoms with E-state index in [4.69, 9.17) is 4.74 Å². The third kappa shape index (κ3) is 4.20. The van der Waals surface area contributed by atoms with Crippen molar-refractivity contribution in [1.29, 1.82) is 0 Å². The number of carbonyl (C=O) groups is 1. The summed E-state index contributed by atoms with van der Waals surface area (Å²) in [6.07, 6.45) is 2.01. The van der Waals surface area contributed by atoms with Crippen LogP contribution < -0.4 is 9.46 Å². The van der Waals surface area contributed by atoms with Gasteiger partial charge in [-0.2, -0.15) is 0 Å². The Labute approximate surface area is 151 Å². The average Bonchev–Trinajstić information content (AvgIpc) is 3.31. The summed E-state index contributed by atoms with van der Waals surface area (Å²) in [5, 5.41) is 1.61. The fourth-order valence-electron chi connectivity index (χ4n) is 2.67. The highest BCUT2D eigenvalue weighted by molar-refractivity contribution is 7.91. The third-order valence-corrected chi connectivity index (χ3v) is 6.95. The lowest BCUT2D eigenvalue weighted by molar-refractivity contribution is 0.0793. The third-order valence-electron chi connectivity index (χ3n) is 4.11. The standard InChI is InChI=1S/C17H20N2O4S2/c1-23-15-6-4-13(5-7-15)11-18-25(21,22)16-10-14(12-24-16)17(20)19-8-2-3-9-19/h4-7,10,12,18H,2-3,8-9,11H2,1H3. The highest BCUT2D eigenvalue weighted by atomic mass is 32.2. The molecule has 1 aliphatic heterocycles. The van der Waals surface area contributed by atoms with Gasteiger partial charge < -0.3 is 9.64 Å². The largest absolute Gasteiger partial charge is 0.497 e. The van der Waals surface area contributed by atoms with Gasteiger partial charge in [-0.05, 0) is 36.6 Å². The van der Waals surface area contributed by atoms with Crippen LogP contribution in [0.2, 0.25) is 0 Å². The summed E-state index contributed by atoms with van der Waals surface area (Å²) in [7, 11) is -2.06. The average molecular weight is 380 g/mol. The molecule has 25 heavy (non-hydrogen) atoms. The first-order chi connectivity index (χ1) is 12.0. The predicted molar refractivity (Wildman–Crippen MR) is 96.5 cm³/mol. The molecule has 3 rings (SSSR count). The van der Waals surface area contributed by atoms with E-state index in [-0.39, 0.29) is 16.7 Å². The zero-order valence-electron chi connectivity index (χ0n) is 13.9. The van der Waals surface area contributed by atoms with Gasteiger partial charge >= 0.3 is 0 Å². The van der Waals surface area contributed by atoms with Crippen molar-refractivity contribution in [2.24, 2.45) is 0 Å². The first kappa shape index (κ1) is 17.9. The molecule has 1 aromatic heterocycles. The molecule has 2 aromatic rings. The molecule has 0 radical (unpaired) electrons. The van der Waals surface area contributed by atoms with E-state index in [9.17, 15) is 13.2 Å². The highest BCUT2D eigenvalue weighted by Gasteiger charge is 2.23. The fraction of sp³-hybridized carbons (Fsp3) is 0.353. The Morgan fingerprint density at radius 2 is 1.92 bits per heavy atom. The normalized spacial score (nSPS) is 14.7. The lowest BCUT2D eigenvalue weighted by atomic mass is 10.2. The van der Waals surface area contributed by atoms with Crippen molar-refractivity contribution < 1.29 is 17.9 Å². The number of sulfonamides is 1. The molecule has 1 amide bonds. The highest BCUT2D eigenvalue weighted by Crippen LogP contribution is 2.23. The molecule has 8 heteroatoms. The van der Waals surface area contributed by atoms with Crippen molar-refractivity contribution in [3.8, 4) is 5.75 Å². The van der Waals surface area contributed by atoms with Gasteiger partial charge in [0.1, 0.15) is 9.96 Å². The molecular weight excluding hydrogens is 360 g/mol. The van der Waals surface area contributed by atoms with E-state index in [1.54, 1.807) is 41.7 Å². The number of carbonyl (C=O) groups excluding carboxylic acids is 1. The van der Waals surface area contributed by atoms with Gasteiger partial charge in [0, 0.05) is 25.0 Å². The molecule has 0 bridgehead atoms. The molecule has 0 saturated carbocycles. The van der Waals surface area contributed by atoms with E-state index in [1.165, 1.54) is 6.07 Å². The maximum atomic E-state index is 12.4. The molecule has 1 aromatic carbocycles. The second-order valence-electron chi connectivity index (χ2n) is 5.83. The number of ether oxygens (including phenoxy) is 1. The van der Waals surface area contributed by atoms with Crippen molar-refractivity contribution in [1.82, 2.24) is 9.62 Å². The molecule has 134 valence electrons. The van der Waals surface area contributed by atoms with Crippen LogP contribution in [0.25, 0.3) is 0 Å². The van der Waals surface area contributed by atoms with Crippen LogP contribution in [0.15, 0.2) is 39.9 Å². The number of thiophene rings is 1. The first-order valence-electron chi connectivity index (χ1n) is 8.00. The maximum Gasteiger partial charge on any atom is 0.254 e. The molecule has 1 saturated heterocycles. The SMILES string of the molecule is COc1ccc(CNS(=O)(=O)c2cc(C(=O)N3CCCC3)cs2)cc1. The second-order valence-corrected chi connectivity index (χ2v) is 8.73. The zero-order valence-corrected chi connectivity index (χ0v) is 15.5. The molecule has 1 aliphatic rings. The van der Waals surface area contributed by atoms with Crippen molar-refractivity contribution in [2.75, 3.05) is 20.2 Å². The van der Waals surface area contributed by atoms with Gasteiger partial charge in [-0.25, -0.2) is 13.1 Å². The number of hydrogen-bond donors (Lipinski definition) is 1. The summed E-state index contributed by atoms with van der Waals surface area (Å²) in [5.74, 6) is 0.625. The van der Waals surface area contributed by atoms with Crippen molar-refractivity contribution in [2.45, 2.75) is 23.6 Å². The van der Waals surface area contributed by atoms with E-state index in [1.807, 2.05) is 0 Å². The molecular formula is C17H20N2O4S2. The topological polar surface area (TPSA) is 75.7 Å². The van der Waals surface area contributed by atoms with E-state index in [0.29, 0.717) is 5.56 Å². The van der Waals surface area contributed by atoms with Crippen LogP contribution in [-0.4, -0.2) is 39.4 Å². The number of methoxy groups -OCH3 is 1. The molecule has 0 unspecified atom stereocenters. The van der Waals surface area contributed by atoms with Gasteiger partial charge in [-0.3, -0.25) is 4.79 Å². The summed E-state index contributed by atoms with van der Waals surface area (Å²) >= 11 is 1.07. The lowest BCUT2D eigenvalue weighted by Crippen LogP contribution is -2.27. The van der Waals surface area contributed by atoms with Crippen LogP contribution >= 0.6 is 11.3 Å². The Kier molecular flexibility index (Phi) is 5.41. The number of nitrogens with one attached hydrogen (secondary N) is 1. The summed E-state index contributed by atoms with van der Waals surface area (Å²) in [6, 6.07) is 8.63. The Bertz CT molecular complexity index is 838. The Balaban J connectivity index is 1.66. The van der Waals surface area contributed by atoms with E-state index < -0.39 is 10.0 Å². The monoisotopic (exact) mass is 380 g/mol. The maximum absolute atomic E-state index is 12.4. The van der Waals surface area contributed by atoms with Crippen molar-refractivity contribution >= 4 is 27.3 Å². The van der Waals surface area contributed by atoms with Gasteiger partial charge in [0.05, 0.1) is 12.7 Å². The van der Waals surface area contributed by atoms with Crippen LogP contribution in [-0.2, 0) is 16.6 Å². The predicted octanol–water partition coefficient (Wildman–Crippen LogP) is 2.47. The molecule has 1 fully saturated rings. The number of benzene rings is 1. The Morgan fingerprint density at radius 1 is 1.24 bits per heavy atom. The molecule has 6 nitrogen and oxygen atoms in total. The summed E-state index contributed by atoms with van der Waals surface area (Å²) in [6.45, 7) is 1.67. The smallest absolute Gasteiger partial charge is 0.254 e. The van der Waals surface area contributed by atoms with Gasteiger partial charge in [-0.1, -0.05) is 12.1 Å². The Morgan fingerprint density at radius 3 is 2.56 bits per heavy atom. The van der Waals surface area contributed by atoms with Crippen LogP contribution in [0.1, 0.15) is 28.8 Å². The lowest BCUT2D eigenvalue weighted by Gasteiger charge is -2.13. The Hall–Kier alpha value is -1.90. The minimum atomic E-state index is -3.64. The van der Waals surface area contributed by atoms with Gasteiger partial charge in [0.25, 0.3) is 5.91 Å². The second kappa shape index (κ2) is 7.55. The first-order valence-corrected chi connectivity index (χ1v) is 10.4. The minimum absolute atomic E-state index is 0.0923. The van der Waals surface area contributed by atoms with Crippen LogP contribution in [0.4, 0.5) is 0 Å². The van der Waals surface area contributed by atoms with Crippen LogP contribution in [0, 0.1) is 0 Å². The van der Waals surface area contributed by atoms with E-state index >= 15 is 0 Å². The van der Waals surface area contributed by atoms with Crippen molar-refractivity contribution in [3.63, 3.8) is 0 Å². The summed E-state index contributed by atoms with van der Waals surface area (Å²) in [5.41, 5.74) is 1.27. The molecule has 1 N–H and O–H groups in total. The van der Waals surface area contributed by atoms with Gasteiger partial charge in [-0.15, -0.1) is 11.3 Å². The van der Waals surface area contributed by atoms with E-state index in [0.717, 1.165) is 48.6 Å². The number of nitrogens with zero attached hydrogens (tertiary/aromatic N) is 1. The summed E-state index contributed by atoms with van der Waals surface area (Å²) in [4.78, 5) is 14.1. The minimum Gasteiger partial charge on any atom is -0.497 e. The van der Waals surface area contributed by atoms with Crippen LogP contribution in [0.5, 0.6) is 5.75 Å². The quantitative estimate of drug-likeness (QED) is 0.835. The molecule has 0 atom stereocenters. The number of hydrogen-bond acceptors (Lipinski definition) is 5. The molecule has 0 spiro atoms. The molecule has 0 aliphatic carbocycles. The van der Waals surface area contributed by atoms with Crippen molar-refractivity contribution in [3.05, 3.63) is 46.8 Å². The van der Waals surface area contributed by atoms with E-state index in [2.05, 4.69) is 4.72 Å². The molecule has 2 heterocycles. The van der Waals surface area contributed by atoms with Gasteiger partial charge in [0.15, 0.2) is 0 Å². The summed E-state index contributed by atoms with van der Waals surface area (Å²) < 4.78 is 32.7. The number of rotatable bonds is 6. The van der Waals surface area contributed by atoms with Gasteiger partial charge in [0.2, 0.25) is 10.0 Å². The van der Waals surface area contributed by atoms with Crippen LogP contribution in [0.3, 0.4) is 0 Å². The zero-order chi connectivity index (χ0) is 17.9. The fourth-order valence-corrected chi connectivity index (χ4v) is 4.88. The number of amides is 1.